The van der Waals surface area contributed by atoms with E-state index in [0.29, 0.717) is 5.92 Å². The van der Waals surface area contributed by atoms with Crippen LogP contribution >= 0.6 is 0 Å². The zero-order valence-corrected chi connectivity index (χ0v) is 13.4. The molecule has 4 heteroatoms. The molecule has 1 amide bonds. The fourth-order valence-corrected chi connectivity index (χ4v) is 2.95. The maximum atomic E-state index is 13.1. The average Bonchev–Trinajstić information content (AvgIpc) is 2.53. The van der Waals surface area contributed by atoms with Crippen LogP contribution in [0.15, 0.2) is 24.3 Å². The van der Waals surface area contributed by atoms with E-state index in [0.717, 1.165) is 44.5 Å². The van der Waals surface area contributed by atoms with Gasteiger partial charge in [0.05, 0.1) is 0 Å². The van der Waals surface area contributed by atoms with Crippen LogP contribution in [0.4, 0.5) is 4.39 Å². The molecule has 122 valence electrons. The highest BCUT2D eigenvalue weighted by Gasteiger charge is 2.15. The minimum absolute atomic E-state index is 0.0345. The predicted octanol–water partition coefficient (Wildman–Crippen LogP) is 2.90. The van der Waals surface area contributed by atoms with E-state index in [1.807, 2.05) is 13.0 Å². The van der Waals surface area contributed by atoms with E-state index in [2.05, 4.69) is 10.6 Å². The molecule has 0 aliphatic carbocycles. The van der Waals surface area contributed by atoms with Crippen molar-refractivity contribution >= 4 is 5.91 Å². The lowest BCUT2D eigenvalue weighted by molar-refractivity contribution is -0.124. The van der Waals surface area contributed by atoms with E-state index in [1.54, 1.807) is 12.1 Å². The number of carbonyl (C=O) groups is 1. The van der Waals surface area contributed by atoms with Gasteiger partial charge in [-0.1, -0.05) is 19.1 Å². The van der Waals surface area contributed by atoms with Crippen LogP contribution in [0.5, 0.6) is 0 Å². The highest BCUT2D eigenvalue weighted by Crippen LogP contribution is 2.14. The van der Waals surface area contributed by atoms with Crippen molar-refractivity contribution in [3.63, 3.8) is 0 Å². The molecule has 1 aliphatic heterocycles. The van der Waals surface area contributed by atoms with E-state index < -0.39 is 0 Å². The van der Waals surface area contributed by atoms with Crippen molar-refractivity contribution in [2.75, 3.05) is 19.6 Å². The number of hydrogen-bond acceptors (Lipinski definition) is 2. The first kappa shape index (κ1) is 16.9. The van der Waals surface area contributed by atoms with Gasteiger partial charge in [-0.2, -0.15) is 0 Å². The Bertz CT molecular complexity index is 472. The third-order valence-corrected chi connectivity index (χ3v) is 4.45. The van der Waals surface area contributed by atoms with E-state index in [4.69, 9.17) is 0 Å². The Kier molecular flexibility index (Phi) is 6.84. The molecule has 2 unspecified atom stereocenters. The lowest BCUT2D eigenvalue weighted by Gasteiger charge is -2.23. The van der Waals surface area contributed by atoms with Gasteiger partial charge in [-0.05, 0) is 68.8 Å². The third kappa shape index (κ3) is 5.76. The maximum Gasteiger partial charge on any atom is 0.222 e. The van der Waals surface area contributed by atoms with Crippen molar-refractivity contribution < 1.29 is 9.18 Å². The van der Waals surface area contributed by atoms with Gasteiger partial charge in [-0.15, -0.1) is 0 Å². The third-order valence-electron chi connectivity index (χ3n) is 4.45. The molecule has 1 aromatic rings. The summed E-state index contributed by atoms with van der Waals surface area (Å²) in [6, 6.07) is 6.61. The van der Waals surface area contributed by atoms with Crippen molar-refractivity contribution in [3.05, 3.63) is 35.6 Å². The van der Waals surface area contributed by atoms with Gasteiger partial charge in [-0.25, -0.2) is 4.39 Å². The summed E-state index contributed by atoms with van der Waals surface area (Å²) in [5.41, 5.74) is 0.952. The molecule has 1 aromatic carbocycles. The van der Waals surface area contributed by atoms with Crippen molar-refractivity contribution in [1.29, 1.82) is 0 Å². The lowest BCUT2D eigenvalue weighted by Crippen LogP contribution is -2.35. The highest BCUT2D eigenvalue weighted by molar-refractivity contribution is 5.78. The minimum Gasteiger partial charge on any atom is -0.356 e. The number of rotatable bonds is 7. The molecule has 1 fully saturated rings. The van der Waals surface area contributed by atoms with Crippen molar-refractivity contribution in [1.82, 2.24) is 10.6 Å². The Labute approximate surface area is 132 Å². The van der Waals surface area contributed by atoms with Gasteiger partial charge in [0.1, 0.15) is 5.82 Å². The molecule has 2 N–H and O–H groups in total. The first-order valence-corrected chi connectivity index (χ1v) is 8.38. The molecule has 1 heterocycles. The number of amides is 1. The fourth-order valence-electron chi connectivity index (χ4n) is 2.95. The molecule has 0 bridgehead atoms. The van der Waals surface area contributed by atoms with Gasteiger partial charge < -0.3 is 10.6 Å². The first-order valence-electron chi connectivity index (χ1n) is 8.38. The van der Waals surface area contributed by atoms with Crippen LogP contribution in [-0.2, 0) is 11.2 Å². The van der Waals surface area contributed by atoms with E-state index >= 15 is 0 Å². The summed E-state index contributed by atoms with van der Waals surface area (Å²) >= 11 is 0. The van der Waals surface area contributed by atoms with Crippen LogP contribution in [0.25, 0.3) is 0 Å². The number of benzene rings is 1. The fraction of sp³-hybridized carbons (Fsp3) is 0.611. The standard InChI is InChI=1S/C18H27FN2O/c1-14(7-8-15-4-2-6-17(19)12-15)18(22)21-11-9-16-5-3-10-20-13-16/h2,4,6,12,14,16,20H,3,5,7-11,13H2,1H3,(H,21,22). The Hall–Kier alpha value is -1.42. The normalized spacial score (nSPS) is 19.6. The first-order chi connectivity index (χ1) is 10.6. The topological polar surface area (TPSA) is 41.1 Å². The summed E-state index contributed by atoms with van der Waals surface area (Å²) in [4.78, 5) is 12.1. The molecule has 0 saturated carbocycles. The smallest absolute Gasteiger partial charge is 0.222 e. The SMILES string of the molecule is CC(CCc1cccc(F)c1)C(=O)NCCC1CCCNC1. The van der Waals surface area contributed by atoms with Crippen LogP contribution in [0.3, 0.4) is 0 Å². The van der Waals surface area contributed by atoms with E-state index in [-0.39, 0.29) is 17.6 Å². The molecule has 0 aromatic heterocycles. The zero-order chi connectivity index (χ0) is 15.8. The number of aryl methyl sites for hydroxylation is 1. The Morgan fingerprint density at radius 2 is 2.36 bits per heavy atom. The van der Waals surface area contributed by atoms with Gasteiger partial charge >= 0.3 is 0 Å². The van der Waals surface area contributed by atoms with Gasteiger partial charge in [0, 0.05) is 12.5 Å². The number of hydrogen-bond donors (Lipinski definition) is 2. The van der Waals surface area contributed by atoms with Crippen LogP contribution in [0, 0.1) is 17.7 Å². The van der Waals surface area contributed by atoms with Gasteiger partial charge in [0.15, 0.2) is 0 Å². The van der Waals surface area contributed by atoms with Crippen LogP contribution in [0.2, 0.25) is 0 Å². The molecule has 22 heavy (non-hydrogen) atoms. The molecule has 0 radical (unpaired) electrons. The lowest BCUT2D eigenvalue weighted by atomic mass is 9.96. The summed E-state index contributed by atoms with van der Waals surface area (Å²) in [6.07, 6.45) is 5.04. The predicted molar refractivity (Wildman–Crippen MR) is 87.1 cm³/mol. The molecule has 1 aliphatic rings. The van der Waals surface area contributed by atoms with Crippen molar-refractivity contribution in [2.24, 2.45) is 11.8 Å². The number of nitrogens with one attached hydrogen (secondary N) is 2. The van der Waals surface area contributed by atoms with Crippen LogP contribution < -0.4 is 10.6 Å². The molecule has 2 atom stereocenters. The van der Waals surface area contributed by atoms with Crippen molar-refractivity contribution in [2.45, 2.75) is 39.0 Å². The van der Waals surface area contributed by atoms with Crippen LogP contribution in [-0.4, -0.2) is 25.5 Å². The van der Waals surface area contributed by atoms with Gasteiger partial charge in [-0.3, -0.25) is 4.79 Å². The molecule has 3 nitrogen and oxygen atoms in total. The average molecular weight is 306 g/mol. The molecular weight excluding hydrogens is 279 g/mol. The number of halogens is 1. The van der Waals surface area contributed by atoms with Crippen molar-refractivity contribution in [3.8, 4) is 0 Å². The summed E-state index contributed by atoms with van der Waals surface area (Å²) in [5.74, 6) is 0.556. The van der Waals surface area contributed by atoms with Crippen LogP contribution in [0.1, 0.15) is 38.2 Å². The zero-order valence-electron chi connectivity index (χ0n) is 13.4. The minimum atomic E-state index is -0.212. The van der Waals surface area contributed by atoms with E-state index in [9.17, 15) is 9.18 Å². The monoisotopic (exact) mass is 306 g/mol. The quantitative estimate of drug-likeness (QED) is 0.813. The Morgan fingerprint density at radius 1 is 1.50 bits per heavy atom. The highest BCUT2D eigenvalue weighted by atomic mass is 19.1. The Morgan fingerprint density at radius 3 is 3.09 bits per heavy atom. The van der Waals surface area contributed by atoms with Gasteiger partial charge in [0.2, 0.25) is 5.91 Å². The molecule has 0 spiro atoms. The largest absolute Gasteiger partial charge is 0.356 e. The second-order valence-corrected chi connectivity index (χ2v) is 6.36. The summed E-state index contributed by atoms with van der Waals surface area (Å²) in [5, 5.41) is 6.43. The van der Waals surface area contributed by atoms with E-state index in [1.165, 1.54) is 18.9 Å². The number of piperidine rings is 1. The molecule has 2 rings (SSSR count). The maximum absolute atomic E-state index is 13.1. The summed E-state index contributed by atoms with van der Waals surface area (Å²) < 4.78 is 13.1. The summed E-state index contributed by atoms with van der Waals surface area (Å²) in [6.45, 7) is 4.90. The second-order valence-electron chi connectivity index (χ2n) is 6.36. The van der Waals surface area contributed by atoms with Gasteiger partial charge in [0.25, 0.3) is 0 Å². The Balaban J connectivity index is 1.63. The molecule has 1 saturated heterocycles. The second kappa shape index (κ2) is 8.89. The number of carbonyl (C=O) groups excluding carboxylic acids is 1. The summed E-state index contributed by atoms with van der Waals surface area (Å²) in [7, 11) is 0. The molecular formula is C18H27FN2O.